The first-order valence-corrected chi connectivity index (χ1v) is 9.71. The number of aromatic amines is 1. The van der Waals surface area contributed by atoms with E-state index in [0.29, 0.717) is 5.69 Å². The number of H-pyrrole nitrogens is 1. The number of carbonyl (C=O) groups is 1. The highest BCUT2D eigenvalue weighted by atomic mass is 32.2. The normalized spacial score (nSPS) is 19.3. The molecule has 1 amide bonds. The first kappa shape index (κ1) is 20.5. The molecule has 26 heavy (non-hydrogen) atoms. The number of hydrogen-bond donors (Lipinski definition) is 3. The number of amides is 1. The molecule has 2 rings (SSSR count). The Morgan fingerprint density at radius 1 is 1.54 bits per heavy atom. The van der Waals surface area contributed by atoms with Crippen molar-refractivity contribution in [2.45, 2.75) is 50.8 Å². The van der Waals surface area contributed by atoms with Gasteiger partial charge in [-0.3, -0.25) is 9.28 Å². The molecule has 1 aromatic rings. The van der Waals surface area contributed by atoms with Crippen LogP contribution < -0.4 is 0 Å². The predicted octanol–water partition coefficient (Wildman–Crippen LogP) is 1.04. The number of aliphatic hydroxyl groups excluding tert-OH is 1. The lowest BCUT2D eigenvalue weighted by molar-refractivity contribution is -0.122. The molecule has 1 aliphatic rings. The topological polar surface area (TPSA) is 133 Å². The van der Waals surface area contributed by atoms with Crippen molar-refractivity contribution in [1.82, 2.24) is 15.1 Å². The lowest BCUT2D eigenvalue weighted by Gasteiger charge is -2.32. The first-order chi connectivity index (χ1) is 11.9. The maximum Gasteiger partial charge on any atom is 0.407 e. The monoisotopic (exact) mass is 397 g/mol. The van der Waals surface area contributed by atoms with Gasteiger partial charge < -0.3 is 15.1 Å². The van der Waals surface area contributed by atoms with Crippen molar-refractivity contribution < 1.29 is 36.4 Å². The van der Waals surface area contributed by atoms with Crippen LogP contribution >= 0.6 is 0 Å². The molecule has 0 spiro atoms. The summed E-state index contributed by atoms with van der Waals surface area (Å²) in [5.41, 5.74) is -0.221. The zero-order valence-corrected chi connectivity index (χ0v) is 15.1. The summed E-state index contributed by atoms with van der Waals surface area (Å²) in [4.78, 5) is 12.3. The summed E-state index contributed by atoms with van der Waals surface area (Å²) >= 11 is 0. The molecule has 0 aliphatic carbocycles. The molecule has 0 radical (unpaired) electrons. The van der Waals surface area contributed by atoms with Crippen LogP contribution in [0.25, 0.3) is 0 Å². The fourth-order valence-electron chi connectivity index (χ4n) is 2.82. The maximum atomic E-state index is 14.6. The summed E-state index contributed by atoms with van der Waals surface area (Å²) in [5.74, 6) is -3.70. The van der Waals surface area contributed by atoms with Crippen molar-refractivity contribution in [2.24, 2.45) is 0 Å². The van der Waals surface area contributed by atoms with Crippen LogP contribution in [0, 0.1) is 0 Å². The third-order valence-electron chi connectivity index (χ3n) is 4.22. The molecule has 12 heteroatoms. The summed E-state index contributed by atoms with van der Waals surface area (Å²) in [6, 6.07) is -0.400. The lowest BCUT2D eigenvalue weighted by Crippen LogP contribution is -2.42. The van der Waals surface area contributed by atoms with Crippen molar-refractivity contribution in [3.05, 3.63) is 17.0 Å². The van der Waals surface area contributed by atoms with Crippen LogP contribution in [0.4, 0.5) is 13.6 Å². The molecule has 2 heterocycles. The van der Waals surface area contributed by atoms with E-state index in [1.54, 1.807) is 6.92 Å². The third-order valence-corrected chi connectivity index (χ3v) is 4.81. The van der Waals surface area contributed by atoms with Crippen LogP contribution in [0.3, 0.4) is 0 Å². The highest BCUT2D eigenvalue weighted by molar-refractivity contribution is 7.85. The second-order valence-corrected chi connectivity index (χ2v) is 7.94. The number of alkyl halides is 2. The molecule has 9 nitrogen and oxygen atoms in total. The first-order valence-electron chi connectivity index (χ1n) is 7.90. The molecule has 1 aliphatic heterocycles. The number of rotatable bonds is 7. The minimum absolute atomic E-state index is 0.0573. The highest BCUT2D eigenvalue weighted by Crippen LogP contribution is 2.38. The van der Waals surface area contributed by atoms with Crippen molar-refractivity contribution in [2.75, 3.05) is 12.9 Å². The smallest absolute Gasteiger partial charge is 0.407 e. The molecule has 0 saturated carbocycles. The fourth-order valence-corrected chi connectivity index (χ4v) is 3.25. The average molecular weight is 397 g/mol. The van der Waals surface area contributed by atoms with Gasteiger partial charge in [-0.2, -0.15) is 22.3 Å². The van der Waals surface area contributed by atoms with E-state index in [1.165, 1.54) is 0 Å². The van der Waals surface area contributed by atoms with E-state index in [2.05, 4.69) is 14.4 Å². The third kappa shape index (κ3) is 4.48. The van der Waals surface area contributed by atoms with Crippen LogP contribution in [-0.4, -0.2) is 64.8 Å². The maximum absolute atomic E-state index is 14.6. The number of aromatic nitrogens is 2. The summed E-state index contributed by atoms with van der Waals surface area (Å²) < 4.78 is 55.3. The summed E-state index contributed by atoms with van der Waals surface area (Å²) in [7, 11) is -3.68. The van der Waals surface area contributed by atoms with Crippen molar-refractivity contribution in [1.29, 1.82) is 0 Å². The second kappa shape index (κ2) is 7.45. The van der Waals surface area contributed by atoms with E-state index >= 15 is 0 Å². The molecule has 1 aromatic heterocycles. The van der Waals surface area contributed by atoms with Crippen molar-refractivity contribution in [3.63, 3.8) is 0 Å². The SMILES string of the molecule is C[C@@H]1Cc2n[nH]c(C(F)(F)C(O)CCCOS(C)(=O)=O)c2CN1C(=O)O. The second-order valence-electron chi connectivity index (χ2n) is 6.29. The van der Waals surface area contributed by atoms with Crippen LogP contribution in [0.15, 0.2) is 0 Å². The molecule has 0 saturated heterocycles. The van der Waals surface area contributed by atoms with E-state index in [-0.39, 0.29) is 31.6 Å². The Morgan fingerprint density at radius 3 is 2.77 bits per heavy atom. The molecule has 0 fully saturated rings. The van der Waals surface area contributed by atoms with Gasteiger partial charge in [0, 0.05) is 18.0 Å². The van der Waals surface area contributed by atoms with Gasteiger partial charge in [0.25, 0.3) is 10.1 Å². The van der Waals surface area contributed by atoms with Gasteiger partial charge in [-0.15, -0.1) is 0 Å². The van der Waals surface area contributed by atoms with Gasteiger partial charge in [-0.1, -0.05) is 0 Å². The minimum Gasteiger partial charge on any atom is -0.465 e. The van der Waals surface area contributed by atoms with Gasteiger partial charge in [-0.05, 0) is 19.8 Å². The zero-order chi connectivity index (χ0) is 19.7. The molecule has 1 unspecified atom stereocenters. The number of fused-ring (bicyclic) bond motifs is 1. The Bertz CT molecular complexity index is 767. The van der Waals surface area contributed by atoms with Gasteiger partial charge in [0.05, 0.1) is 25.1 Å². The number of aliphatic hydroxyl groups is 1. The van der Waals surface area contributed by atoms with Gasteiger partial charge in [0.15, 0.2) is 0 Å². The van der Waals surface area contributed by atoms with Crippen LogP contribution in [0.5, 0.6) is 0 Å². The molecular weight excluding hydrogens is 376 g/mol. The van der Waals surface area contributed by atoms with E-state index in [1.807, 2.05) is 0 Å². The molecule has 148 valence electrons. The van der Waals surface area contributed by atoms with Crippen molar-refractivity contribution in [3.8, 4) is 0 Å². The van der Waals surface area contributed by atoms with Crippen LogP contribution in [0.1, 0.15) is 36.7 Å². The average Bonchev–Trinajstić information content (AvgIpc) is 2.92. The Kier molecular flexibility index (Phi) is 5.88. The summed E-state index contributed by atoms with van der Waals surface area (Å²) in [5, 5.41) is 25.1. The summed E-state index contributed by atoms with van der Waals surface area (Å²) in [6.45, 7) is 1.08. The summed E-state index contributed by atoms with van der Waals surface area (Å²) in [6.07, 6.45) is -2.81. The Labute approximate surface area is 149 Å². The predicted molar refractivity (Wildman–Crippen MR) is 85.3 cm³/mol. The van der Waals surface area contributed by atoms with Gasteiger partial charge in [0.1, 0.15) is 11.8 Å². The lowest BCUT2D eigenvalue weighted by atomic mass is 9.95. The number of hydrogen-bond acceptors (Lipinski definition) is 6. The van der Waals surface area contributed by atoms with E-state index in [9.17, 15) is 32.2 Å². The largest absolute Gasteiger partial charge is 0.465 e. The number of carboxylic acid groups (broad SMARTS) is 1. The molecule has 0 aromatic carbocycles. The van der Waals surface area contributed by atoms with Crippen molar-refractivity contribution >= 4 is 16.2 Å². The van der Waals surface area contributed by atoms with E-state index < -0.39 is 46.4 Å². The number of nitrogens with one attached hydrogen (secondary N) is 1. The number of halogens is 2. The van der Waals surface area contributed by atoms with Gasteiger partial charge in [0.2, 0.25) is 0 Å². The zero-order valence-electron chi connectivity index (χ0n) is 14.3. The highest BCUT2D eigenvalue weighted by Gasteiger charge is 2.45. The molecule has 3 N–H and O–H groups in total. The van der Waals surface area contributed by atoms with E-state index in [4.69, 9.17) is 0 Å². The number of nitrogens with zero attached hydrogens (tertiary/aromatic N) is 2. The Morgan fingerprint density at radius 2 is 2.19 bits per heavy atom. The molecule has 0 bridgehead atoms. The Balaban J connectivity index is 2.11. The van der Waals surface area contributed by atoms with Gasteiger partial charge in [-0.25, -0.2) is 4.79 Å². The fraction of sp³-hybridized carbons (Fsp3) is 0.714. The van der Waals surface area contributed by atoms with Crippen LogP contribution in [0.2, 0.25) is 0 Å². The molecular formula is C14H21F2N3O6S. The molecule has 2 atom stereocenters. The quantitative estimate of drug-likeness (QED) is 0.462. The standard InChI is InChI=1S/C14H21F2N3O6S/c1-8-6-10-9(7-19(8)13(21)22)12(18-17-10)14(15,16)11(20)4-3-5-25-26(2,23)24/h8,11,20H,3-7H2,1-2H3,(H,17,18)(H,21,22)/t8-,11?/m1/s1. The van der Waals surface area contributed by atoms with E-state index in [0.717, 1.165) is 11.2 Å². The Hall–Kier alpha value is -1.79. The van der Waals surface area contributed by atoms with Gasteiger partial charge >= 0.3 is 12.0 Å². The van der Waals surface area contributed by atoms with Crippen LogP contribution in [-0.2, 0) is 33.2 Å². The minimum atomic E-state index is -3.70.